The highest BCUT2D eigenvalue weighted by Crippen LogP contribution is 2.21. The number of hydrogen-bond donors (Lipinski definition) is 2. The third kappa shape index (κ3) is 3.26. The van der Waals surface area contributed by atoms with Gasteiger partial charge in [-0.1, -0.05) is 43.3 Å². The van der Waals surface area contributed by atoms with E-state index in [4.69, 9.17) is 10.9 Å². The van der Waals surface area contributed by atoms with Crippen LogP contribution in [0.3, 0.4) is 0 Å². The highest BCUT2D eigenvalue weighted by atomic mass is 16.4. The molecule has 0 spiro atoms. The molecule has 1 aromatic rings. The molecule has 0 aromatic heterocycles. The first-order valence-corrected chi connectivity index (χ1v) is 6.92. The van der Waals surface area contributed by atoms with Crippen molar-refractivity contribution < 1.29 is 5.21 Å². The maximum atomic E-state index is 8.81. The quantitative estimate of drug-likeness (QED) is 0.379. The number of oxime groups is 1. The van der Waals surface area contributed by atoms with E-state index >= 15 is 0 Å². The molecule has 4 nitrogen and oxygen atoms in total. The molecule has 1 saturated heterocycles. The molecule has 0 amide bonds. The summed E-state index contributed by atoms with van der Waals surface area (Å²) < 4.78 is 0. The van der Waals surface area contributed by atoms with Gasteiger partial charge in [-0.3, -0.25) is 4.90 Å². The number of nitrogens with zero attached hydrogens (tertiary/aromatic N) is 2. The highest BCUT2D eigenvalue weighted by molar-refractivity contribution is 5.85. The summed E-state index contributed by atoms with van der Waals surface area (Å²) in [6, 6.07) is 8.81. The van der Waals surface area contributed by atoms with Gasteiger partial charge in [-0.15, -0.1) is 0 Å². The molecule has 1 heterocycles. The number of benzene rings is 1. The number of hydrogen-bond acceptors (Lipinski definition) is 3. The van der Waals surface area contributed by atoms with Crippen molar-refractivity contribution in [3.8, 4) is 0 Å². The Labute approximate surface area is 114 Å². The monoisotopic (exact) mass is 261 g/mol. The lowest BCUT2D eigenvalue weighted by Crippen LogP contribution is -2.40. The lowest BCUT2D eigenvalue weighted by molar-refractivity contribution is 0.275. The molecular weight excluding hydrogens is 238 g/mol. The van der Waals surface area contributed by atoms with Crippen molar-refractivity contribution in [2.24, 2.45) is 10.9 Å². The molecule has 104 valence electrons. The Kier molecular flexibility index (Phi) is 4.43. The zero-order valence-electron chi connectivity index (χ0n) is 11.7. The van der Waals surface area contributed by atoms with Crippen molar-refractivity contribution >= 4 is 5.84 Å². The SMILES string of the molecule is CC(C)c1ccc(CN2CCCC2C(N)=NO)cc1. The van der Waals surface area contributed by atoms with Crippen molar-refractivity contribution in [3.05, 3.63) is 35.4 Å². The largest absolute Gasteiger partial charge is 0.409 e. The molecular formula is C15H23N3O. The van der Waals surface area contributed by atoms with Gasteiger partial charge in [-0.05, 0) is 36.4 Å². The molecule has 1 aromatic carbocycles. The first kappa shape index (κ1) is 13.9. The van der Waals surface area contributed by atoms with Crippen molar-refractivity contribution in [3.63, 3.8) is 0 Å². The zero-order chi connectivity index (χ0) is 13.8. The van der Waals surface area contributed by atoms with Gasteiger partial charge in [0.1, 0.15) is 0 Å². The van der Waals surface area contributed by atoms with E-state index in [-0.39, 0.29) is 6.04 Å². The normalized spacial score (nSPS) is 21.2. The summed E-state index contributed by atoms with van der Waals surface area (Å²) in [7, 11) is 0. The van der Waals surface area contributed by atoms with Gasteiger partial charge in [0, 0.05) is 6.54 Å². The van der Waals surface area contributed by atoms with Crippen LogP contribution in [-0.2, 0) is 6.54 Å². The van der Waals surface area contributed by atoms with Crippen molar-refractivity contribution in [1.29, 1.82) is 0 Å². The van der Waals surface area contributed by atoms with E-state index in [9.17, 15) is 0 Å². The van der Waals surface area contributed by atoms with Gasteiger partial charge in [-0.25, -0.2) is 0 Å². The molecule has 1 atom stereocenters. The number of rotatable bonds is 4. The molecule has 1 aliphatic rings. The molecule has 1 fully saturated rings. The second-order valence-corrected chi connectivity index (χ2v) is 5.55. The third-order valence-electron chi connectivity index (χ3n) is 3.85. The zero-order valence-corrected chi connectivity index (χ0v) is 11.7. The van der Waals surface area contributed by atoms with E-state index in [1.54, 1.807) is 0 Å². The molecule has 2 rings (SSSR count). The number of nitrogens with two attached hydrogens (primary N) is 1. The highest BCUT2D eigenvalue weighted by Gasteiger charge is 2.27. The van der Waals surface area contributed by atoms with Crippen LogP contribution in [0.25, 0.3) is 0 Å². The van der Waals surface area contributed by atoms with Crippen molar-refractivity contribution in [2.45, 2.75) is 45.2 Å². The van der Waals surface area contributed by atoms with Crippen LogP contribution in [0.15, 0.2) is 29.4 Å². The van der Waals surface area contributed by atoms with Gasteiger partial charge in [-0.2, -0.15) is 0 Å². The standard InChI is InChI=1S/C15H23N3O/c1-11(2)13-7-5-12(6-8-13)10-18-9-3-4-14(18)15(16)17-19/h5-8,11,14,19H,3-4,9-10H2,1-2H3,(H2,16,17). The second-order valence-electron chi connectivity index (χ2n) is 5.55. The number of likely N-dealkylation sites (tertiary alicyclic amines) is 1. The van der Waals surface area contributed by atoms with Gasteiger partial charge >= 0.3 is 0 Å². The summed E-state index contributed by atoms with van der Waals surface area (Å²) in [5.41, 5.74) is 8.38. The van der Waals surface area contributed by atoms with Crippen molar-refractivity contribution in [2.75, 3.05) is 6.54 Å². The van der Waals surface area contributed by atoms with Crippen LogP contribution in [-0.4, -0.2) is 28.5 Å². The van der Waals surface area contributed by atoms with E-state index in [0.29, 0.717) is 11.8 Å². The fourth-order valence-electron chi connectivity index (χ4n) is 2.66. The van der Waals surface area contributed by atoms with Crippen LogP contribution in [0.5, 0.6) is 0 Å². The van der Waals surface area contributed by atoms with Crippen LogP contribution in [0.4, 0.5) is 0 Å². The van der Waals surface area contributed by atoms with Crippen LogP contribution in [0.1, 0.15) is 43.7 Å². The summed E-state index contributed by atoms with van der Waals surface area (Å²) in [6.07, 6.45) is 2.07. The van der Waals surface area contributed by atoms with E-state index in [0.717, 1.165) is 25.9 Å². The Balaban J connectivity index is 2.04. The first-order valence-electron chi connectivity index (χ1n) is 6.92. The molecule has 1 aliphatic heterocycles. The van der Waals surface area contributed by atoms with Crippen LogP contribution < -0.4 is 5.73 Å². The Hall–Kier alpha value is -1.55. The lowest BCUT2D eigenvalue weighted by atomic mass is 10.0. The van der Waals surface area contributed by atoms with E-state index in [1.165, 1.54) is 11.1 Å². The molecule has 0 saturated carbocycles. The molecule has 0 radical (unpaired) electrons. The minimum absolute atomic E-state index is 0.0785. The summed E-state index contributed by atoms with van der Waals surface area (Å²) in [4.78, 5) is 2.28. The molecule has 1 unspecified atom stereocenters. The topological polar surface area (TPSA) is 61.8 Å². The Morgan fingerprint density at radius 3 is 2.68 bits per heavy atom. The van der Waals surface area contributed by atoms with Crippen LogP contribution in [0, 0.1) is 0 Å². The Bertz CT molecular complexity index is 439. The minimum Gasteiger partial charge on any atom is -0.409 e. The Morgan fingerprint density at radius 2 is 2.11 bits per heavy atom. The fraction of sp³-hybridized carbons (Fsp3) is 0.533. The fourth-order valence-corrected chi connectivity index (χ4v) is 2.66. The van der Waals surface area contributed by atoms with Gasteiger partial charge in [0.15, 0.2) is 5.84 Å². The van der Waals surface area contributed by atoms with E-state index in [2.05, 4.69) is 48.2 Å². The third-order valence-corrected chi connectivity index (χ3v) is 3.85. The lowest BCUT2D eigenvalue weighted by Gasteiger charge is -2.23. The molecule has 0 bridgehead atoms. The summed E-state index contributed by atoms with van der Waals surface area (Å²) in [5, 5.41) is 12.0. The first-order chi connectivity index (χ1) is 9.11. The second kappa shape index (κ2) is 6.06. The maximum Gasteiger partial charge on any atom is 0.156 e. The van der Waals surface area contributed by atoms with E-state index in [1.807, 2.05) is 0 Å². The minimum atomic E-state index is 0.0785. The van der Waals surface area contributed by atoms with Gasteiger partial charge in [0.05, 0.1) is 6.04 Å². The predicted octanol–water partition coefficient (Wildman–Crippen LogP) is 2.52. The summed E-state index contributed by atoms with van der Waals surface area (Å²) >= 11 is 0. The molecule has 19 heavy (non-hydrogen) atoms. The van der Waals surface area contributed by atoms with Gasteiger partial charge in [0.25, 0.3) is 0 Å². The van der Waals surface area contributed by atoms with E-state index < -0.39 is 0 Å². The van der Waals surface area contributed by atoms with Crippen LogP contribution in [0.2, 0.25) is 0 Å². The summed E-state index contributed by atoms with van der Waals surface area (Å²) in [5.74, 6) is 0.891. The molecule has 3 N–H and O–H groups in total. The average Bonchev–Trinajstić information content (AvgIpc) is 2.86. The maximum absolute atomic E-state index is 8.81. The average molecular weight is 261 g/mol. The summed E-state index contributed by atoms with van der Waals surface area (Å²) in [6.45, 7) is 6.26. The van der Waals surface area contributed by atoms with Gasteiger partial charge < -0.3 is 10.9 Å². The van der Waals surface area contributed by atoms with Gasteiger partial charge in [0.2, 0.25) is 0 Å². The predicted molar refractivity (Wildman–Crippen MR) is 77.4 cm³/mol. The van der Waals surface area contributed by atoms with Crippen LogP contribution >= 0.6 is 0 Å². The Morgan fingerprint density at radius 1 is 1.42 bits per heavy atom. The molecule has 0 aliphatic carbocycles. The smallest absolute Gasteiger partial charge is 0.156 e. The molecule has 4 heteroatoms. The van der Waals surface area contributed by atoms with Crippen molar-refractivity contribution in [1.82, 2.24) is 4.90 Å². The number of amidine groups is 1.